The molecule has 3 rings (SSSR count). The second-order valence-electron chi connectivity index (χ2n) is 7.51. The van der Waals surface area contributed by atoms with Crippen LogP contribution in [0.2, 0.25) is 0 Å². The Morgan fingerprint density at radius 3 is 2.62 bits per heavy atom. The molecule has 0 atom stereocenters. The van der Waals surface area contributed by atoms with E-state index in [1.54, 1.807) is 11.3 Å². The highest BCUT2D eigenvalue weighted by atomic mass is 32.2. The lowest BCUT2D eigenvalue weighted by atomic mass is 10.1. The number of aryl methyl sites for hydroxylation is 1. The maximum atomic E-state index is 12.5. The zero-order valence-electron chi connectivity index (χ0n) is 17.6. The van der Waals surface area contributed by atoms with Crippen molar-refractivity contribution >= 4 is 34.7 Å². The summed E-state index contributed by atoms with van der Waals surface area (Å²) >= 11 is 3.18. The number of carbonyl (C=O) groups is 1. The summed E-state index contributed by atoms with van der Waals surface area (Å²) in [7, 11) is 0. The second-order valence-corrected chi connectivity index (χ2v) is 9.40. The lowest BCUT2D eigenvalue weighted by molar-refractivity contribution is -0.113. The first kappa shape index (κ1) is 21.6. The topological polar surface area (TPSA) is 59.8 Å². The van der Waals surface area contributed by atoms with Crippen LogP contribution in [0.4, 0.5) is 5.69 Å². The minimum atomic E-state index is -0.0339. The SMILES string of the molecule is CCc1ccccc1NC(=O)CSc1nnc(-c2csc(C(C)C)c2)n1C(C)C. The van der Waals surface area contributed by atoms with Crippen LogP contribution >= 0.6 is 23.1 Å². The molecule has 1 N–H and O–H groups in total. The van der Waals surface area contributed by atoms with Crippen molar-refractivity contribution in [3.8, 4) is 11.4 Å². The Morgan fingerprint density at radius 2 is 1.97 bits per heavy atom. The van der Waals surface area contributed by atoms with E-state index in [1.807, 2.05) is 24.3 Å². The maximum Gasteiger partial charge on any atom is 0.234 e. The minimum absolute atomic E-state index is 0.0339. The van der Waals surface area contributed by atoms with Crippen LogP contribution in [0.15, 0.2) is 40.9 Å². The number of nitrogens with one attached hydrogen (secondary N) is 1. The molecule has 7 heteroatoms. The van der Waals surface area contributed by atoms with E-state index in [1.165, 1.54) is 16.6 Å². The highest BCUT2D eigenvalue weighted by molar-refractivity contribution is 7.99. The van der Waals surface area contributed by atoms with Crippen LogP contribution in [0.25, 0.3) is 11.4 Å². The summed E-state index contributed by atoms with van der Waals surface area (Å²) in [6.45, 7) is 10.7. The first-order chi connectivity index (χ1) is 13.9. The number of anilines is 1. The third-order valence-electron chi connectivity index (χ3n) is 4.63. The summed E-state index contributed by atoms with van der Waals surface area (Å²) < 4.78 is 2.12. The molecule has 5 nitrogen and oxygen atoms in total. The van der Waals surface area contributed by atoms with Gasteiger partial charge < -0.3 is 5.32 Å². The molecule has 0 aliphatic heterocycles. The Hall–Kier alpha value is -2.12. The molecule has 0 saturated carbocycles. The number of aromatic nitrogens is 3. The first-order valence-electron chi connectivity index (χ1n) is 9.95. The van der Waals surface area contributed by atoms with Gasteiger partial charge in [0.1, 0.15) is 0 Å². The van der Waals surface area contributed by atoms with Gasteiger partial charge in [-0.1, -0.05) is 50.7 Å². The summed E-state index contributed by atoms with van der Waals surface area (Å²) in [6.07, 6.45) is 0.883. The molecule has 0 radical (unpaired) electrons. The van der Waals surface area contributed by atoms with Crippen molar-refractivity contribution in [1.82, 2.24) is 14.8 Å². The van der Waals surface area contributed by atoms with Crippen molar-refractivity contribution in [3.05, 3.63) is 46.2 Å². The number of amides is 1. The largest absolute Gasteiger partial charge is 0.325 e. The Kier molecular flexibility index (Phi) is 7.14. The fourth-order valence-corrected chi connectivity index (χ4v) is 4.85. The summed E-state index contributed by atoms with van der Waals surface area (Å²) in [6, 6.07) is 10.3. The van der Waals surface area contributed by atoms with Gasteiger partial charge in [-0.3, -0.25) is 9.36 Å². The zero-order chi connectivity index (χ0) is 21.0. The summed E-state index contributed by atoms with van der Waals surface area (Å²) in [5.74, 6) is 1.62. The molecule has 1 amide bonds. The quantitative estimate of drug-likeness (QED) is 0.447. The van der Waals surface area contributed by atoms with Crippen LogP contribution in [-0.4, -0.2) is 26.4 Å². The van der Waals surface area contributed by atoms with Gasteiger partial charge in [-0.2, -0.15) is 0 Å². The van der Waals surface area contributed by atoms with Crippen LogP contribution in [0.5, 0.6) is 0 Å². The Morgan fingerprint density at radius 1 is 1.21 bits per heavy atom. The van der Waals surface area contributed by atoms with Crippen LogP contribution in [0, 0.1) is 0 Å². The average molecular weight is 429 g/mol. The van der Waals surface area contributed by atoms with Gasteiger partial charge in [-0.25, -0.2) is 0 Å². The molecule has 29 heavy (non-hydrogen) atoms. The molecule has 154 valence electrons. The molecule has 0 aliphatic rings. The highest BCUT2D eigenvalue weighted by Gasteiger charge is 2.19. The number of hydrogen-bond donors (Lipinski definition) is 1. The number of nitrogens with zero attached hydrogens (tertiary/aromatic N) is 3. The van der Waals surface area contributed by atoms with E-state index >= 15 is 0 Å². The number of rotatable bonds is 8. The van der Waals surface area contributed by atoms with Crippen LogP contribution in [-0.2, 0) is 11.2 Å². The Labute approximate surface area is 180 Å². The number of thiophene rings is 1. The van der Waals surface area contributed by atoms with Gasteiger partial charge in [-0.15, -0.1) is 21.5 Å². The van der Waals surface area contributed by atoms with E-state index in [9.17, 15) is 4.79 Å². The Balaban J connectivity index is 1.74. The van der Waals surface area contributed by atoms with Crippen molar-refractivity contribution < 1.29 is 4.79 Å². The summed E-state index contributed by atoms with van der Waals surface area (Å²) in [4.78, 5) is 13.8. The smallest absolute Gasteiger partial charge is 0.234 e. The second kappa shape index (κ2) is 9.59. The van der Waals surface area contributed by atoms with Gasteiger partial charge in [0.2, 0.25) is 5.91 Å². The molecule has 0 spiro atoms. The van der Waals surface area contributed by atoms with E-state index in [0.717, 1.165) is 34.2 Å². The van der Waals surface area contributed by atoms with Gasteiger partial charge in [0.25, 0.3) is 0 Å². The summed E-state index contributed by atoms with van der Waals surface area (Å²) in [5.41, 5.74) is 3.11. The third kappa shape index (κ3) is 5.08. The van der Waals surface area contributed by atoms with Gasteiger partial charge in [-0.05, 0) is 43.9 Å². The number of carbonyl (C=O) groups excluding carboxylic acids is 1. The molecular weight excluding hydrogens is 400 g/mol. The minimum Gasteiger partial charge on any atom is -0.325 e. The maximum absolute atomic E-state index is 12.5. The highest BCUT2D eigenvalue weighted by Crippen LogP contribution is 2.32. The standard InChI is InChI=1S/C22H28N4OS2/c1-6-16-9-7-8-10-18(16)23-20(27)13-29-22-25-24-21(26(22)15(4)5)17-11-19(14(2)3)28-12-17/h7-12,14-15H,6,13H2,1-5H3,(H,23,27). The van der Waals surface area contributed by atoms with Crippen molar-refractivity contribution in [2.75, 3.05) is 11.1 Å². The summed E-state index contributed by atoms with van der Waals surface area (Å²) in [5, 5.41) is 14.7. The molecule has 0 fully saturated rings. The molecule has 0 unspecified atom stereocenters. The first-order valence-corrected chi connectivity index (χ1v) is 11.8. The van der Waals surface area contributed by atoms with Crippen LogP contribution < -0.4 is 5.32 Å². The van der Waals surface area contributed by atoms with Gasteiger partial charge in [0, 0.05) is 27.5 Å². The number of benzene rings is 1. The van der Waals surface area contributed by atoms with Crippen LogP contribution in [0.3, 0.4) is 0 Å². The number of thioether (sulfide) groups is 1. The van der Waals surface area contributed by atoms with Crippen molar-refractivity contribution in [3.63, 3.8) is 0 Å². The van der Waals surface area contributed by atoms with E-state index in [0.29, 0.717) is 11.7 Å². The Bertz CT molecular complexity index is 975. The average Bonchev–Trinajstić information content (AvgIpc) is 3.33. The monoisotopic (exact) mass is 428 g/mol. The van der Waals surface area contributed by atoms with Crippen molar-refractivity contribution in [2.24, 2.45) is 0 Å². The van der Waals surface area contributed by atoms with Crippen LogP contribution in [0.1, 0.15) is 57.0 Å². The van der Waals surface area contributed by atoms with Crippen molar-refractivity contribution in [1.29, 1.82) is 0 Å². The van der Waals surface area contributed by atoms with Gasteiger partial charge in [0.05, 0.1) is 5.75 Å². The molecule has 0 aliphatic carbocycles. The predicted octanol–water partition coefficient (Wildman–Crippen LogP) is 6.00. The molecule has 0 bridgehead atoms. The number of para-hydroxylation sites is 1. The normalized spacial score (nSPS) is 11.4. The molecule has 3 aromatic rings. The third-order valence-corrected chi connectivity index (χ3v) is 6.81. The van der Waals surface area contributed by atoms with Gasteiger partial charge >= 0.3 is 0 Å². The van der Waals surface area contributed by atoms with E-state index in [2.05, 4.69) is 66.1 Å². The van der Waals surface area contributed by atoms with Gasteiger partial charge in [0.15, 0.2) is 11.0 Å². The van der Waals surface area contributed by atoms with E-state index < -0.39 is 0 Å². The molecule has 2 aromatic heterocycles. The molecule has 1 aromatic carbocycles. The molecule has 0 saturated heterocycles. The number of hydrogen-bond acceptors (Lipinski definition) is 5. The molecular formula is C22H28N4OS2. The fourth-order valence-electron chi connectivity index (χ4n) is 3.08. The molecule has 2 heterocycles. The van der Waals surface area contributed by atoms with E-state index in [4.69, 9.17) is 0 Å². The lowest BCUT2D eigenvalue weighted by Gasteiger charge is -2.13. The predicted molar refractivity (Wildman–Crippen MR) is 123 cm³/mol. The van der Waals surface area contributed by atoms with E-state index in [-0.39, 0.29) is 11.9 Å². The zero-order valence-corrected chi connectivity index (χ0v) is 19.2. The lowest BCUT2D eigenvalue weighted by Crippen LogP contribution is -2.16. The fraction of sp³-hybridized carbons (Fsp3) is 0.409. The van der Waals surface area contributed by atoms with Crippen molar-refractivity contribution in [2.45, 2.75) is 58.2 Å².